The Labute approximate surface area is 122 Å². The summed E-state index contributed by atoms with van der Waals surface area (Å²) in [6.07, 6.45) is 3.02. The van der Waals surface area contributed by atoms with Gasteiger partial charge < -0.3 is 0 Å². The first-order chi connectivity index (χ1) is 9.75. The molecule has 1 N–H and O–H groups in total. The molecule has 0 aliphatic heterocycles. The Kier molecular flexibility index (Phi) is 5.73. The van der Waals surface area contributed by atoms with E-state index in [2.05, 4.69) is 44.9 Å². The first-order valence-electron chi connectivity index (χ1n) is 6.66. The number of aromatic nitrogens is 4. The van der Waals surface area contributed by atoms with Gasteiger partial charge in [-0.15, -0.1) is 10.2 Å². The second kappa shape index (κ2) is 7.79. The quantitative estimate of drug-likeness (QED) is 0.848. The van der Waals surface area contributed by atoms with E-state index in [1.54, 1.807) is 6.92 Å². The number of tetrazole rings is 1. The molecule has 1 atom stereocenters. The van der Waals surface area contributed by atoms with Gasteiger partial charge in [0.05, 0.1) is 0 Å². The molecular formula is C14H18N4OS. The maximum Gasteiger partial charge on any atom is 0.185 e. The first kappa shape index (κ1) is 14.7. The number of aromatic amines is 1. The molecule has 0 radical (unpaired) electrons. The Bertz CT molecular complexity index is 515. The Morgan fingerprint density at radius 2 is 2.15 bits per heavy atom. The molecule has 20 heavy (non-hydrogen) atoms. The van der Waals surface area contributed by atoms with Crippen LogP contribution in [-0.4, -0.2) is 31.5 Å². The van der Waals surface area contributed by atoms with Crippen LogP contribution in [0.2, 0.25) is 0 Å². The molecular weight excluding hydrogens is 272 g/mol. The molecule has 2 aromatic rings. The maximum atomic E-state index is 11.1. The predicted octanol–water partition coefficient (Wildman–Crippen LogP) is 2.59. The Morgan fingerprint density at radius 1 is 1.35 bits per heavy atom. The summed E-state index contributed by atoms with van der Waals surface area (Å²) in [6.45, 7) is 1.59. The van der Waals surface area contributed by atoms with Gasteiger partial charge in [-0.2, -0.15) is 5.21 Å². The lowest BCUT2D eigenvalue weighted by Crippen LogP contribution is -2.07. The van der Waals surface area contributed by atoms with E-state index >= 15 is 0 Å². The number of H-pyrrole nitrogens is 1. The number of hydrogen-bond donors (Lipinski definition) is 1. The van der Waals surface area contributed by atoms with E-state index < -0.39 is 0 Å². The molecule has 0 fully saturated rings. The lowest BCUT2D eigenvalue weighted by Gasteiger charge is -2.11. The third-order valence-corrected chi connectivity index (χ3v) is 4.05. The topological polar surface area (TPSA) is 71.5 Å². The van der Waals surface area contributed by atoms with Crippen LogP contribution in [0.5, 0.6) is 0 Å². The molecule has 0 amide bonds. The van der Waals surface area contributed by atoms with Gasteiger partial charge in [0.15, 0.2) is 10.9 Å². The lowest BCUT2D eigenvalue weighted by molar-refractivity contribution is -0.109. The smallest absolute Gasteiger partial charge is 0.185 e. The number of nitrogens with one attached hydrogen (secondary N) is 1. The third-order valence-electron chi connectivity index (χ3n) is 3.08. The second-order valence-corrected chi connectivity index (χ2v) is 5.84. The van der Waals surface area contributed by atoms with E-state index in [0.29, 0.717) is 11.6 Å². The number of rotatable bonds is 7. The van der Waals surface area contributed by atoms with Crippen molar-refractivity contribution >= 4 is 16.9 Å². The minimum absolute atomic E-state index is 0.126. The van der Waals surface area contributed by atoms with E-state index in [1.807, 2.05) is 6.07 Å². The van der Waals surface area contributed by atoms with Gasteiger partial charge in [-0.25, -0.2) is 0 Å². The van der Waals surface area contributed by atoms with Crippen molar-refractivity contribution in [1.29, 1.82) is 0 Å². The fraction of sp³-hybridized carbons (Fsp3) is 0.429. The summed E-state index contributed by atoms with van der Waals surface area (Å²) < 4.78 is 0. The summed E-state index contributed by atoms with van der Waals surface area (Å²) in [5, 5.41) is 14.3. The normalized spacial score (nSPS) is 12.2. The average Bonchev–Trinajstić information content (AvgIpc) is 2.97. The first-order valence-corrected chi connectivity index (χ1v) is 7.65. The predicted molar refractivity (Wildman–Crippen MR) is 79.4 cm³/mol. The largest absolute Gasteiger partial charge is 0.288 e. The molecule has 6 heteroatoms. The van der Waals surface area contributed by atoms with Crippen molar-refractivity contribution in [3.05, 3.63) is 41.7 Å². The highest BCUT2D eigenvalue weighted by molar-refractivity contribution is 8.13. The van der Waals surface area contributed by atoms with Gasteiger partial charge in [0.1, 0.15) is 0 Å². The highest BCUT2D eigenvalue weighted by Crippen LogP contribution is 2.23. The molecule has 0 aliphatic carbocycles. The number of benzene rings is 1. The Hall–Kier alpha value is -1.69. The molecule has 5 nitrogen and oxygen atoms in total. The summed E-state index contributed by atoms with van der Waals surface area (Å²) in [6, 6.07) is 10.4. The van der Waals surface area contributed by atoms with Crippen molar-refractivity contribution in [2.45, 2.75) is 32.1 Å². The molecule has 0 aliphatic rings. The Balaban J connectivity index is 1.86. The minimum atomic E-state index is 0.126. The van der Waals surface area contributed by atoms with Crippen molar-refractivity contribution < 1.29 is 4.79 Å². The number of carbonyl (C=O) groups excluding carboxylic acids is 1. The number of thioether (sulfide) groups is 1. The van der Waals surface area contributed by atoms with E-state index in [1.165, 1.54) is 17.3 Å². The number of nitrogens with zero attached hydrogens (tertiary/aromatic N) is 3. The van der Waals surface area contributed by atoms with Crippen molar-refractivity contribution in [3.63, 3.8) is 0 Å². The van der Waals surface area contributed by atoms with Gasteiger partial charge in [-0.05, 0) is 24.8 Å². The van der Waals surface area contributed by atoms with Gasteiger partial charge in [-0.1, -0.05) is 47.3 Å². The van der Waals surface area contributed by atoms with Crippen LogP contribution < -0.4 is 0 Å². The maximum absolute atomic E-state index is 11.1. The van der Waals surface area contributed by atoms with Crippen LogP contribution in [0.3, 0.4) is 0 Å². The van der Waals surface area contributed by atoms with Gasteiger partial charge >= 0.3 is 0 Å². The number of hydrogen-bond acceptors (Lipinski definition) is 5. The zero-order valence-corrected chi connectivity index (χ0v) is 12.3. The zero-order valence-electron chi connectivity index (χ0n) is 11.5. The SMILES string of the molecule is CC(=O)SCC(CCCc1ccccc1)c1nn[nH]n1. The highest BCUT2D eigenvalue weighted by Gasteiger charge is 2.17. The van der Waals surface area contributed by atoms with Gasteiger partial charge in [0.25, 0.3) is 0 Å². The molecule has 0 bridgehead atoms. The van der Waals surface area contributed by atoms with E-state index in [9.17, 15) is 4.79 Å². The van der Waals surface area contributed by atoms with Gasteiger partial charge in [0, 0.05) is 18.6 Å². The van der Waals surface area contributed by atoms with Crippen LogP contribution in [0.1, 0.15) is 37.1 Å². The highest BCUT2D eigenvalue weighted by atomic mass is 32.2. The average molecular weight is 290 g/mol. The summed E-state index contributed by atoms with van der Waals surface area (Å²) in [4.78, 5) is 11.1. The molecule has 1 heterocycles. The van der Waals surface area contributed by atoms with Gasteiger partial charge in [0.2, 0.25) is 0 Å². The van der Waals surface area contributed by atoms with Crippen LogP contribution in [0.15, 0.2) is 30.3 Å². The van der Waals surface area contributed by atoms with Crippen molar-refractivity contribution in [1.82, 2.24) is 20.6 Å². The molecule has 0 saturated carbocycles. The third kappa shape index (κ3) is 4.77. The number of carbonyl (C=O) groups is 1. The number of aryl methyl sites for hydroxylation is 1. The summed E-state index contributed by atoms with van der Waals surface area (Å²) in [5.41, 5.74) is 1.33. The molecule has 2 rings (SSSR count). The van der Waals surface area contributed by atoms with Crippen molar-refractivity contribution in [2.75, 3.05) is 5.75 Å². The monoisotopic (exact) mass is 290 g/mol. The van der Waals surface area contributed by atoms with E-state index in [4.69, 9.17) is 0 Å². The molecule has 1 aromatic carbocycles. The van der Waals surface area contributed by atoms with Gasteiger partial charge in [-0.3, -0.25) is 4.79 Å². The minimum Gasteiger partial charge on any atom is -0.288 e. The van der Waals surface area contributed by atoms with Crippen molar-refractivity contribution in [3.8, 4) is 0 Å². The van der Waals surface area contributed by atoms with Crippen molar-refractivity contribution in [2.24, 2.45) is 0 Å². The van der Waals surface area contributed by atoms with Crippen LogP contribution in [0.25, 0.3) is 0 Å². The van der Waals surface area contributed by atoms with E-state index in [0.717, 1.165) is 19.3 Å². The van der Waals surface area contributed by atoms with Crippen LogP contribution in [-0.2, 0) is 11.2 Å². The molecule has 0 spiro atoms. The van der Waals surface area contributed by atoms with E-state index in [-0.39, 0.29) is 11.0 Å². The molecule has 106 valence electrons. The summed E-state index contributed by atoms with van der Waals surface area (Å²) in [7, 11) is 0. The Morgan fingerprint density at radius 3 is 2.80 bits per heavy atom. The molecule has 1 unspecified atom stereocenters. The van der Waals surface area contributed by atoms with Crippen LogP contribution in [0.4, 0.5) is 0 Å². The summed E-state index contributed by atoms with van der Waals surface area (Å²) >= 11 is 1.32. The zero-order chi connectivity index (χ0) is 14.2. The van der Waals surface area contributed by atoms with Crippen LogP contribution >= 0.6 is 11.8 Å². The summed E-state index contributed by atoms with van der Waals surface area (Å²) in [5.74, 6) is 1.59. The molecule has 0 saturated heterocycles. The fourth-order valence-electron chi connectivity index (χ4n) is 2.04. The van der Waals surface area contributed by atoms with Crippen LogP contribution in [0, 0.1) is 0 Å². The standard InChI is InChI=1S/C14H18N4OS/c1-11(19)20-10-13(14-15-17-18-16-14)9-5-8-12-6-3-2-4-7-12/h2-4,6-7,13H,5,8-10H2,1H3,(H,15,16,17,18). The lowest BCUT2D eigenvalue weighted by atomic mass is 10.0. The molecule has 1 aromatic heterocycles. The fourth-order valence-corrected chi connectivity index (χ4v) is 2.80. The second-order valence-electron chi connectivity index (χ2n) is 4.65.